The molecule has 4 heteroatoms. The van der Waals surface area contributed by atoms with Crippen molar-refractivity contribution in [1.29, 1.82) is 0 Å². The minimum atomic E-state index is -1.48. The van der Waals surface area contributed by atoms with Crippen molar-refractivity contribution < 1.29 is 0 Å². The highest BCUT2D eigenvalue weighted by Gasteiger charge is 2.62. The first-order chi connectivity index (χ1) is 10.3. The van der Waals surface area contributed by atoms with Crippen molar-refractivity contribution in [3.05, 3.63) is 42.5 Å². The maximum Gasteiger partial charge on any atom is 0.0685 e. The highest BCUT2D eigenvalue weighted by molar-refractivity contribution is 7.92. The molecule has 126 valence electrons. The van der Waals surface area contributed by atoms with Crippen LogP contribution in [-0.2, 0) is 0 Å². The van der Waals surface area contributed by atoms with Gasteiger partial charge in [0.15, 0.2) is 0 Å². The smallest absolute Gasteiger partial charge is 0.0685 e. The van der Waals surface area contributed by atoms with E-state index in [1.54, 1.807) is 5.19 Å². The van der Waals surface area contributed by atoms with Gasteiger partial charge in [0.2, 0.25) is 0 Å². The highest BCUT2D eigenvalue weighted by atomic mass is 29.9. The van der Waals surface area contributed by atoms with E-state index in [-0.39, 0.29) is 0 Å². The van der Waals surface area contributed by atoms with Crippen LogP contribution in [0.1, 0.15) is 0 Å². The van der Waals surface area contributed by atoms with E-state index in [4.69, 9.17) is 0 Å². The number of hydrogen-bond donors (Lipinski definition) is 0. The lowest BCUT2D eigenvalue weighted by molar-refractivity contribution is 1.71. The van der Waals surface area contributed by atoms with Gasteiger partial charge in [-0.3, -0.25) is 0 Å². The van der Waals surface area contributed by atoms with Crippen molar-refractivity contribution in [3.8, 4) is 0 Å². The van der Waals surface area contributed by atoms with Gasteiger partial charge in [-0.1, -0.05) is 107 Å². The summed E-state index contributed by atoms with van der Waals surface area (Å²) in [7, 11) is -3.82. The largest absolute Gasteiger partial charge is 0.0716 e. The molecule has 0 aromatic heterocycles. The molecule has 0 saturated carbocycles. The van der Waals surface area contributed by atoms with Crippen LogP contribution in [0.25, 0.3) is 10.8 Å². The van der Waals surface area contributed by atoms with Gasteiger partial charge in [0, 0.05) is 22.8 Å². The van der Waals surface area contributed by atoms with Crippen LogP contribution in [-0.4, -0.2) is 29.4 Å². The predicted octanol–water partition coefficient (Wildman–Crippen LogP) is 5.75. The summed E-state index contributed by atoms with van der Waals surface area (Å²) in [5, 5.41) is 4.62. The van der Waals surface area contributed by atoms with Crippen molar-refractivity contribution in [2.45, 2.75) is 58.9 Å². The third-order valence-corrected chi connectivity index (χ3v) is 76.8. The van der Waals surface area contributed by atoms with Crippen LogP contribution in [0, 0.1) is 0 Å². The number of fused-ring (bicyclic) bond motifs is 1. The standard InChI is InChI=1S/C19H34Si4/c1-20(2,3)23(21(4,5)6,22(7,8)9)19-15-14-17-12-10-11-13-18(17)16-19/h10-16H,1-9H3. The number of hydrogen-bond acceptors (Lipinski definition) is 0. The van der Waals surface area contributed by atoms with E-state index in [0.29, 0.717) is 0 Å². The molecule has 0 atom stereocenters. The van der Waals surface area contributed by atoms with Gasteiger partial charge >= 0.3 is 0 Å². The molecule has 0 amide bonds. The van der Waals surface area contributed by atoms with E-state index < -0.39 is 29.4 Å². The molecule has 0 fully saturated rings. The molecule has 0 heterocycles. The lowest BCUT2D eigenvalue weighted by Crippen LogP contribution is -2.88. The average molecular weight is 375 g/mol. The zero-order valence-electron chi connectivity index (χ0n) is 16.5. The number of benzene rings is 2. The molecule has 23 heavy (non-hydrogen) atoms. The maximum absolute atomic E-state index is 2.67. The summed E-state index contributed by atoms with van der Waals surface area (Å²) in [6.45, 7) is 22.6. The van der Waals surface area contributed by atoms with Crippen molar-refractivity contribution in [1.82, 2.24) is 0 Å². The first-order valence-corrected chi connectivity index (χ1v) is 24.3. The van der Waals surface area contributed by atoms with E-state index >= 15 is 0 Å². The van der Waals surface area contributed by atoms with E-state index in [0.717, 1.165) is 0 Å². The Hall–Kier alpha value is -0.432. The van der Waals surface area contributed by atoms with Gasteiger partial charge in [0.25, 0.3) is 0 Å². The molecule has 0 nitrogen and oxygen atoms in total. The van der Waals surface area contributed by atoms with Crippen molar-refractivity contribution in [2.24, 2.45) is 0 Å². The van der Waals surface area contributed by atoms with Gasteiger partial charge < -0.3 is 0 Å². The summed E-state index contributed by atoms with van der Waals surface area (Å²) in [6, 6.07) is 16.4. The Morgan fingerprint density at radius 1 is 0.522 bits per heavy atom. The minimum Gasteiger partial charge on any atom is -0.0716 e. The molecule has 2 rings (SSSR count). The summed E-state index contributed by atoms with van der Waals surface area (Å²) in [6.07, 6.45) is 0. The van der Waals surface area contributed by atoms with Crippen molar-refractivity contribution in [2.75, 3.05) is 0 Å². The first-order valence-electron chi connectivity index (χ1n) is 8.82. The van der Waals surface area contributed by atoms with Crippen LogP contribution in [0.4, 0.5) is 0 Å². The SMILES string of the molecule is C[Si](C)(C)[Si](c1ccc2ccccc2c1)([Si](C)(C)C)[Si](C)(C)C. The Labute approximate surface area is 146 Å². The molecule has 2 aromatic rings. The van der Waals surface area contributed by atoms with Gasteiger partial charge in [0.1, 0.15) is 0 Å². The third-order valence-electron chi connectivity index (χ3n) is 5.56. The second-order valence-corrected chi connectivity index (χ2v) is 50.4. The summed E-state index contributed by atoms with van der Waals surface area (Å²) in [5.41, 5.74) is 0. The van der Waals surface area contributed by atoms with Gasteiger partial charge in [-0.25, -0.2) is 0 Å². The van der Waals surface area contributed by atoms with Crippen LogP contribution in [0.15, 0.2) is 42.5 Å². The molecular formula is C19H34Si4. The summed E-state index contributed by atoms with van der Waals surface area (Å²) in [4.78, 5) is 0. The van der Waals surface area contributed by atoms with Gasteiger partial charge in [-0.05, 0) is 10.8 Å². The molecule has 0 aliphatic rings. The Balaban J connectivity index is 2.89. The molecule has 0 saturated heterocycles. The molecular weight excluding hydrogens is 341 g/mol. The quantitative estimate of drug-likeness (QED) is 0.598. The second-order valence-electron chi connectivity index (χ2n) is 10.1. The Bertz CT molecular complexity index is 664. The van der Waals surface area contributed by atoms with Gasteiger partial charge in [-0.15, -0.1) is 0 Å². The Morgan fingerprint density at radius 2 is 0.957 bits per heavy atom. The lowest BCUT2D eigenvalue weighted by atomic mass is 10.1. The van der Waals surface area contributed by atoms with E-state index in [1.165, 1.54) is 10.8 Å². The highest BCUT2D eigenvalue weighted by Crippen LogP contribution is 2.37. The molecule has 0 bridgehead atoms. The van der Waals surface area contributed by atoms with Crippen LogP contribution in [0.2, 0.25) is 58.9 Å². The molecule has 0 unspecified atom stereocenters. The summed E-state index contributed by atoms with van der Waals surface area (Å²) in [5.74, 6) is 0. The topological polar surface area (TPSA) is 0 Å². The normalized spacial score (nSPS) is 14.3. The lowest BCUT2D eigenvalue weighted by Gasteiger charge is -2.57. The average Bonchev–Trinajstić information content (AvgIpc) is 2.33. The summed E-state index contributed by atoms with van der Waals surface area (Å²) < 4.78 is 0. The fraction of sp³-hybridized carbons (Fsp3) is 0.474. The maximum atomic E-state index is 2.67. The van der Waals surface area contributed by atoms with E-state index in [2.05, 4.69) is 101 Å². The zero-order chi connectivity index (χ0) is 17.7. The molecule has 0 N–H and O–H groups in total. The van der Waals surface area contributed by atoms with Gasteiger partial charge in [0.05, 0.1) is 6.63 Å². The second kappa shape index (κ2) is 5.83. The minimum absolute atomic E-state index is 1.27. The van der Waals surface area contributed by atoms with Crippen LogP contribution in [0.3, 0.4) is 0 Å². The Kier molecular flexibility index (Phi) is 4.79. The fourth-order valence-corrected chi connectivity index (χ4v) is 106. The first kappa shape index (κ1) is 18.9. The summed E-state index contributed by atoms with van der Waals surface area (Å²) >= 11 is 0. The van der Waals surface area contributed by atoms with E-state index in [9.17, 15) is 0 Å². The molecule has 0 aliphatic heterocycles. The van der Waals surface area contributed by atoms with Gasteiger partial charge in [-0.2, -0.15) is 0 Å². The molecule has 0 aliphatic carbocycles. The van der Waals surface area contributed by atoms with Crippen molar-refractivity contribution in [3.63, 3.8) is 0 Å². The molecule has 0 spiro atoms. The fourth-order valence-electron chi connectivity index (χ4n) is 6.10. The zero-order valence-corrected chi connectivity index (χ0v) is 20.5. The van der Waals surface area contributed by atoms with Crippen LogP contribution in [0.5, 0.6) is 0 Å². The van der Waals surface area contributed by atoms with Crippen LogP contribution < -0.4 is 5.19 Å². The monoisotopic (exact) mass is 374 g/mol. The predicted molar refractivity (Wildman–Crippen MR) is 119 cm³/mol. The Morgan fingerprint density at radius 3 is 1.39 bits per heavy atom. The molecule has 2 aromatic carbocycles. The van der Waals surface area contributed by atoms with Crippen molar-refractivity contribution >= 4 is 45.4 Å². The third kappa shape index (κ3) is 2.99. The van der Waals surface area contributed by atoms with E-state index in [1.807, 2.05) is 0 Å². The molecule has 0 radical (unpaired) electrons. The number of rotatable bonds is 4. The van der Waals surface area contributed by atoms with Crippen LogP contribution >= 0.6 is 0 Å².